The number of hydrogen-bond donors (Lipinski definition) is 1. The summed E-state index contributed by atoms with van der Waals surface area (Å²) in [4.78, 5) is 7.14. The minimum absolute atomic E-state index is 0.860. The summed E-state index contributed by atoms with van der Waals surface area (Å²) in [7, 11) is 0. The highest BCUT2D eigenvalue weighted by Gasteiger charge is 1.99. The van der Waals surface area contributed by atoms with Crippen LogP contribution in [-0.2, 0) is 6.54 Å². The van der Waals surface area contributed by atoms with E-state index in [1.54, 1.807) is 0 Å². The number of nitrogens with one attached hydrogen (secondary N) is 1. The summed E-state index contributed by atoms with van der Waals surface area (Å²) in [6, 6.07) is 14.6. The van der Waals surface area contributed by atoms with Gasteiger partial charge < -0.3 is 5.32 Å². The van der Waals surface area contributed by atoms with Gasteiger partial charge in [-0.3, -0.25) is 4.98 Å². The summed E-state index contributed by atoms with van der Waals surface area (Å²) >= 11 is 1.83. The van der Waals surface area contributed by atoms with Gasteiger partial charge in [-0.1, -0.05) is 18.2 Å². The summed E-state index contributed by atoms with van der Waals surface area (Å²) in [5.41, 5.74) is 2.11. The van der Waals surface area contributed by atoms with Crippen LogP contribution in [0, 0.1) is 6.92 Å². The lowest BCUT2D eigenvalue weighted by Gasteiger charge is -2.05. The molecule has 2 aromatic heterocycles. The van der Waals surface area contributed by atoms with Crippen LogP contribution < -0.4 is 5.32 Å². The average Bonchev–Trinajstić information content (AvgIpc) is 2.82. The quantitative estimate of drug-likeness (QED) is 0.757. The Labute approximate surface area is 110 Å². The molecule has 0 saturated heterocycles. The summed E-state index contributed by atoms with van der Waals surface area (Å²) in [5, 5.41) is 4.59. The Hall–Kier alpha value is -1.87. The minimum Gasteiger partial charge on any atom is -0.379 e. The molecule has 3 rings (SSSR count). The molecule has 1 aromatic carbocycles. The maximum absolute atomic E-state index is 4.44. The van der Waals surface area contributed by atoms with E-state index in [4.69, 9.17) is 0 Å². The third kappa shape index (κ3) is 2.36. The van der Waals surface area contributed by atoms with E-state index in [0.717, 1.165) is 17.7 Å². The Bertz CT molecular complexity index is 673. The molecule has 3 aromatic rings. The fraction of sp³-hybridized carbons (Fsp3) is 0.133. The van der Waals surface area contributed by atoms with Crippen molar-refractivity contribution in [2.45, 2.75) is 13.5 Å². The fourth-order valence-electron chi connectivity index (χ4n) is 1.94. The van der Waals surface area contributed by atoms with Crippen molar-refractivity contribution in [3.05, 3.63) is 58.4 Å². The Morgan fingerprint density at radius 2 is 2.06 bits per heavy atom. The molecular formula is C15H14N2S. The Kier molecular flexibility index (Phi) is 2.99. The lowest BCUT2D eigenvalue weighted by Crippen LogP contribution is -1.97. The van der Waals surface area contributed by atoms with E-state index in [9.17, 15) is 0 Å². The Morgan fingerprint density at radius 1 is 1.17 bits per heavy atom. The van der Waals surface area contributed by atoms with Crippen molar-refractivity contribution in [2.75, 3.05) is 5.32 Å². The average molecular weight is 254 g/mol. The molecule has 2 nitrogen and oxygen atoms in total. The van der Waals surface area contributed by atoms with Crippen molar-refractivity contribution in [3.8, 4) is 0 Å². The minimum atomic E-state index is 0.860. The molecule has 0 radical (unpaired) electrons. The van der Waals surface area contributed by atoms with Gasteiger partial charge in [-0.2, -0.15) is 0 Å². The molecule has 0 atom stereocenters. The van der Waals surface area contributed by atoms with Gasteiger partial charge >= 0.3 is 0 Å². The van der Waals surface area contributed by atoms with Crippen LogP contribution in [0.2, 0.25) is 0 Å². The molecule has 0 spiro atoms. The van der Waals surface area contributed by atoms with Crippen LogP contribution in [0.25, 0.3) is 10.9 Å². The van der Waals surface area contributed by atoms with Crippen LogP contribution in [0.5, 0.6) is 0 Å². The highest BCUT2D eigenvalue weighted by molar-refractivity contribution is 7.11. The maximum Gasteiger partial charge on any atom is 0.0703 e. The van der Waals surface area contributed by atoms with Crippen molar-refractivity contribution in [1.82, 2.24) is 4.98 Å². The standard InChI is InChI=1S/C15H14N2S/c1-11-6-7-14(18-11)10-16-13-8-12-4-2-3-5-15(12)17-9-13/h2-9,16H,10H2,1H3. The zero-order chi connectivity index (χ0) is 12.4. The smallest absolute Gasteiger partial charge is 0.0703 e. The van der Waals surface area contributed by atoms with Crippen LogP contribution in [-0.4, -0.2) is 4.98 Å². The highest BCUT2D eigenvalue weighted by Crippen LogP contribution is 2.19. The predicted octanol–water partition coefficient (Wildman–Crippen LogP) is 4.22. The number of hydrogen-bond acceptors (Lipinski definition) is 3. The van der Waals surface area contributed by atoms with Gasteiger partial charge in [0.25, 0.3) is 0 Å². The number of fused-ring (bicyclic) bond motifs is 1. The van der Waals surface area contributed by atoms with Crippen LogP contribution in [0.15, 0.2) is 48.7 Å². The molecule has 0 aliphatic heterocycles. The van der Waals surface area contributed by atoms with Gasteiger partial charge in [0.2, 0.25) is 0 Å². The van der Waals surface area contributed by atoms with Crippen LogP contribution in [0.1, 0.15) is 9.75 Å². The van der Waals surface area contributed by atoms with E-state index in [0.29, 0.717) is 0 Å². The van der Waals surface area contributed by atoms with Gasteiger partial charge in [0.1, 0.15) is 0 Å². The normalized spacial score (nSPS) is 10.7. The summed E-state index contributed by atoms with van der Waals surface area (Å²) in [5.74, 6) is 0. The number of anilines is 1. The molecule has 2 heterocycles. The summed E-state index contributed by atoms with van der Waals surface area (Å²) in [6.07, 6.45) is 1.89. The molecule has 0 bridgehead atoms. The van der Waals surface area contributed by atoms with Crippen LogP contribution in [0.3, 0.4) is 0 Å². The van der Waals surface area contributed by atoms with E-state index in [1.807, 2.05) is 35.7 Å². The summed E-state index contributed by atoms with van der Waals surface area (Å²) < 4.78 is 0. The molecule has 0 aliphatic carbocycles. The molecule has 0 saturated carbocycles. The number of aromatic nitrogens is 1. The van der Waals surface area contributed by atoms with Crippen molar-refractivity contribution in [2.24, 2.45) is 0 Å². The first-order chi connectivity index (χ1) is 8.81. The molecule has 0 fully saturated rings. The molecule has 0 unspecified atom stereocenters. The number of nitrogens with zero attached hydrogens (tertiary/aromatic N) is 1. The topological polar surface area (TPSA) is 24.9 Å². The molecule has 0 amide bonds. The van der Waals surface area contributed by atoms with Gasteiger partial charge in [-0.25, -0.2) is 0 Å². The Morgan fingerprint density at radius 3 is 2.89 bits per heavy atom. The van der Waals surface area contributed by atoms with E-state index in [1.165, 1.54) is 15.1 Å². The molecule has 1 N–H and O–H groups in total. The van der Waals surface area contributed by atoms with E-state index in [-0.39, 0.29) is 0 Å². The van der Waals surface area contributed by atoms with Crippen molar-refractivity contribution >= 4 is 27.9 Å². The predicted molar refractivity (Wildman–Crippen MR) is 78.1 cm³/mol. The number of pyridine rings is 1. The van der Waals surface area contributed by atoms with Gasteiger partial charge in [-0.15, -0.1) is 11.3 Å². The second-order valence-corrected chi connectivity index (χ2v) is 5.66. The molecule has 3 heteroatoms. The van der Waals surface area contributed by atoms with E-state index in [2.05, 4.69) is 41.5 Å². The number of aryl methyl sites for hydroxylation is 1. The summed E-state index contributed by atoms with van der Waals surface area (Å²) in [6.45, 7) is 2.99. The molecular weight excluding hydrogens is 240 g/mol. The first-order valence-corrected chi connectivity index (χ1v) is 6.77. The van der Waals surface area contributed by atoms with Crippen molar-refractivity contribution in [1.29, 1.82) is 0 Å². The lowest BCUT2D eigenvalue weighted by atomic mass is 10.2. The van der Waals surface area contributed by atoms with Crippen LogP contribution in [0.4, 0.5) is 5.69 Å². The number of rotatable bonds is 3. The number of thiophene rings is 1. The number of benzene rings is 1. The first kappa shape index (κ1) is 11.2. The van der Waals surface area contributed by atoms with Gasteiger partial charge in [0, 0.05) is 21.7 Å². The SMILES string of the molecule is Cc1ccc(CNc2cnc3ccccc3c2)s1. The highest BCUT2D eigenvalue weighted by atomic mass is 32.1. The van der Waals surface area contributed by atoms with Gasteiger partial charge in [0.05, 0.1) is 17.4 Å². The first-order valence-electron chi connectivity index (χ1n) is 5.95. The van der Waals surface area contributed by atoms with Gasteiger partial charge in [-0.05, 0) is 31.2 Å². The van der Waals surface area contributed by atoms with E-state index >= 15 is 0 Å². The van der Waals surface area contributed by atoms with Gasteiger partial charge in [0.15, 0.2) is 0 Å². The van der Waals surface area contributed by atoms with E-state index < -0.39 is 0 Å². The van der Waals surface area contributed by atoms with Crippen molar-refractivity contribution in [3.63, 3.8) is 0 Å². The number of para-hydroxylation sites is 1. The largest absolute Gasteiger partial charge is 0.379 e. The maximum atomic E-state index is 4.44. The molecule has 18 heavy (non-hydrogen) atoms. The Balaban J connectivity index is 1.78. The second-order valence-electron chi connectivity index (χ2n) is 4.28. The monoisotopic (exact) mass is 254 g/mol. The molecule has 0 aliphatic rings. The zero-order valence-electron chi connectivity index (χ0n) is 10.2. The third-order valence-corrected chi connectivity index (χ3v) is 3.85. The second kappa shape index (κ2) is 4.78. The van der Waals surface area contributed by atoms with Crippen LogP contribution >= 0.6 is 11.3 Å². The fourth-order valence-corrected chi connectivity index (χ4v) is 2.77. The third-order valence-electron chi connectivity index (χ3n) is 2.85. The lowest BCUT2D eigenvalue weighted by molar-refractivity contribution is 1.18. The molecule has 90 valence electrons. The zero-order valence-corrected chi connectivity index (χ0v) is 11.0. The van der Waals surface area contributed by atoms with Crippen molar-refractivity contribution < 1.29 is 0 Å².